The Kier molecular flexibility index (Phi) is 1.13. The molecule has 3 rings (SSSR count). The van der Waals surface area contributed by atoms with Crippen molar-refractivity contribution < 1.29 is 0 Å². The zero-order chi connectivity index (χ0) is 8.84. The van der Waals surface area contributed by atoms with Crippen molar-refractivity contribution in [3.05, 3.63) is 17.9 Å². The van der Waals surface area contributed by atoms with E-state index in [9.17, 15) is 0 Å². The summed E-state index contributed by atoms with van der Waals surface area (Å²) < 4.78 is 1.69. The third-order valence-electron chi connectivity index (χ3n) is 1.76. The van der Waals surface area contributed by atoms with Crippen LogP contribution in [0.3, 0.4) is 0 Å². The van der Waals surface area contributed by atoms with Crippen molar-refractivity contribution in [3.8, 4) is 0 Å². The highest BCUT2D eigenvalue weighted by atomic mass is 35.5. The molecule has 6 nitrogen and oxygen atoms in total. The van der Waals surface area contributed by atoms with Crippen LogP contribution in [0, 0.1) is 0 Å². The minimum atomic E-state index is 0.304. The maximum Gasteiger partial charge on any atom is 0.202 e. The number of halogens is 1. The molecule has 0 amide bonds. The molecule has 13 heavy (non-hydrogen) atoms. The van der Waals surface area contributed by atoms with Crippen LogP contribution in [0.4, 0.5) is 0 Å². The average molecular weight is 195 g/mol. The molecule has 0 aromatic carbocycles. The van der Waals surface area contributed by atoms with Crippen molar-refractivity contribution in [2.24, 2.45) is 0 Å². The predicted octanol–water partition coefficient (Wildman–Crippen LogP) is 0.654. The molecular weight excluding hydrogens is 192 g/mol. The van der Waals surface area contributed by atoms with Gasteiger partial charge in [-0.2, -0.15) is 4.98 Å². The molecule has 3 aromatic heterocycles. The zero-order valence-electron chi connectivity index (χ0n) is 6.27. The van der Waals surface area contributed by atoms with Gasteiger partial charge in [0.25, 0.3) is 0 Å². The summed E-state index contributed by atoms with van der Waals surface area (Å²) in [6.45, 7) is 0. The first-order chi connectivity index (χ1) is 6.34. The molecule has 0 radical (unpaired) electrons. The van der Waals surface area contributed by atoms with Gasteiger partial charge in [0.05, 0.1) is 0 Å². The van der Waals surface area contributed by atoms with Gasteiger partial charge in [-0.15, -0.1) is 10.2 Å². The Morgan fingerprint density at radius 3 is 3.23 bits per heavy atom. The fourth-order valence-electron chi connectivity index (χ4n) is 1.21. The lowest BCUT2D eigenvalue weighted by atomic mass is 10.5. The fraction of sp³-hybridized carbons (Fsp3) is 0. The molecule has 7 heteroatoms. The van der Waals surface area contributed by atoms with Gasteiger partial charge >= 0.3 is 0 Å². The molecule has 0 saturated heterocycles. The normalized spacial score (nSPS) is 11.5. The Balaban J connectivity index is 2.64. The molecule has 0 saturated carbocycles. The molecular formula is C6H3ClN6. The monoisotopic (exact) mass is 194 g/mol. The predicted molar refractivity (Wildman–Crippen MR) is 45.4 cm³/mol. The minimum absolute atomic E-state index is 0.304. The van der Waals surface area contributed by atoms with Gasteiger partial charge in [-0.05, 0) is 11.6 Å². The molecule has 0 spiro atoms. The van der Waals surface area contributed by atoms with E-state index in [0.717, 1.165) is 0 Å². The number of hydrogen-bond donors (Lipinski definition) is 1. The maximum absolute atomic E-state index is 5.69. The molecule has 0 fully saturated rings. The molecule has 0 aliphatic carbocycles. The first-order valence-corrected chi connectivity index (χ1v) is 3.92. The van der Waals surface area contributed by atoms with Crippen LogP contribution in [0.15, 0.2) is 12.7 Å². The lowest BCUT2D eigenvalue weighted by Gasteiger charge is -1.89. The first-order valence-electron chi connectivity index (χ1n) is 3.54. The molecule has 0 atom stereocenters. The fourth-order valence-corrected chi connectivity index (χ4v) is 1.38. The lowest BCUT2D eigenvalue weighted by Crippen LogP contribution is -1.87. The van der Waals surface area contributed by atoms with E-state index in [1.165, 1.54) is 0 Å². The number of aromatic amines is 1. The van der Waals surface area contributed by atoms with Gasteiger partial charge in [0.1, 0.15) is 18.2 Å². The highest BCUT2D eigenvalue weighted by molar-refractivity contribution is 6.29. The van der Waals surface area contributed by atoms with E-state index in [2.05, 4.69) is 25.1 Å². The number of H-pyrrole nitrogens is 1. The summed E-state index contributed by atoms with van der Waals surface area (Å²) in [5.74, 6) is 0. The average Bonchev–Trinajstić information content (AvgIpc) is 2.65. The standard InChI is InChI=1S/C6H3ClN6/c7-6-10-3-4(11-6)8-1-13-2-9-12-5(3)13/h1-2H,(H,10,11). The van der Waals surface area contributed by atoms with Gasteiger partial charge in [0.2, 0.25) is 5.28 Å². The lowest BCUT2D eigenvalue weighted by molar-refractivity contribution is 1.08. The first kappa shape index (κ1) is 6.79. The van der Waals surface area contributed by atoms with Gasteiger partial charge < -0.3 is 4.98 Å². The summed E-state index contributed by atoms with van der Waals surface area (Å²) >= 11 is 5.69. The Morgan fingerprint density at radius 1 is 1.38 bits per heavy atom. The van der Waals surface area contributed by atoms with Gasteiger partial charge in [-0.1, -0.05) is 0 Å². The van der Waals surface area contributed by atoms with Crippen molar-refractivity contribution in [2.45, 2.75) is 0 Å². The Hall–Kier alpha value is -1.69. The third kappa shape index (κ3) is 0.829. The van der Waals surface area contributed by atoms with Crippen LogP contribution >= 0.6 is 11.6 Å². The van der Waals surface area contributed by atoms with E-state index in [0.29, 0.717) is 22.1 Å². The molecule has 3 aromatic rings. The number of rotatable bonds is 0. The van der Waals surface area contributed by atoms with Crippen LogP contribution in [0.25, 0.3) is 16.8 Å². The van der Waals surface area contributed by atoms with Crippen molar-refractivity contribution in [1.29, 1.82) is 0 Å². The highest BCUT2D eigenvalue weighted by Gasteiger charge is 2.07. The SMILES string of the molecule is Clc1nc2ncn3cnnc3c2[nH]1. The summed E-state index contributed by atoms with van der Waals surface area (Å²) in [5.41, 5.74) is 1.92. The van der Waals surface area contributed by atoms with Crippen LogP contribution in [-0.2, 0) is 0 Å². The number of hydrogen-bond acceptors (Lipinski definition) is 4. The number of fused-ring (bicyclic) bond motifs is 3. The molecule has 0 aliphatic heterocycles. The third-order valence-corrected chi connectivity index (χ3v) is 1.94. The van der Waals surface area contributed by atoms with Gasteiger partial charge in [0.15, 0.2) is 11.3 Å². The zero-order valence-corrected chi connectivity index (χ0v) is 7.02. The summed E-state index contributed by atoms with van der Waals surface area (Å²) in [7, 11) is 0. The van der Waals surface area contributed by atoms with Crippen LogP contribution in [0.1, 0.15) is 0 Å². The molecule has 0 bridgehead atoms. The minimum Gasteiger partial charge on any atom is -0.324 e. The number of nitrogens with one attached hydrogen (secondary N) is 1. The van der Waals surface area contributed by atoms with E-state index in [1.807, 2.05) is 0 Å². The van der Waals surface area contributed by atoms with Gasteiger partial charge in [-0.25, -0.2) is 4.98 Å². The largest absolute Gasteiger partial charge is 0.324 e. The highest BCUT2D eigenvalue weighted by Crippen LogP contribution is 2.15. The van der Waals surface area contributed by atoms with E-state index >= 15 is 0 Å². The van der Waals surface area contributed by atoms with Crippen LogP contribution < -0.4 is 0 Å². The molecule has 1 N–H and O–H groups in total. The molecule has 0 unspecified atom stereocenters. The smallest absolute Gasteiger partial charge is 0.202 e. The summed E-state index contributed by atoms with van der Waals surface area (Å²) in [6.07, 6.45) is 3.16. The molecule has 64 valence electrons. The van der Waals surface area contributed by atoms with Gasteiger partial charge in [-0.3, -0.25) is 4.40 Å². The number of aromatic nitrogens is 6. The van der Waals surface area contributed by atoms with E-state index in [1.54, 1.807) is 17.1 Å². The van der Waals surface area contributed by atoms with E-state index in [-0.39, 0.29) is 0 Å². The van der Waals surface area contributed by atoms with Crippen molar-refractivity contribution in [2.75, 3.05) is 0 Å². The van der Waals surface area contributed by atoms with Crippen LogP contribution in [0.2, 0.25) is 5.28 Å². The molecule has 3 heterocycles. The Labute approximate surface area is 76.6 Å². The molecule has 0 aliphatic rings. The second-order valence-electron chi connectivity index (χ2n) is 2.53. The van der Waals surface area contributed by atoms with Gasteiger partial charge in [0, 0.05) is 0 Å². The second kappa shape index (κ2) is 2.17. The number of nitrogens with zero attached hydrogens (tertiary/aromatic N) is 5. The Morgan fingerprint density at radius 2 is 2.31 bits per heavy atom. The quantitative estimate of drug-likeness (QED) is 0.534. The number of imidazole rings is 1. The second-order valence-corrected chi connectivity index (χ2v) is 2.89. The Bertz CT molecular complexity index is 581. The summed E-state index contributed by atoms with van der Waals surface area (Å²) in [5, 5.41) is 7.95. The topological polar surface area (TPSA) is 71.8 Å². The van der Waals surface area contributed by atoms with Crippen molar-refractivity contribution >= 4 is 28.4 Å². The maximum atomic E-state index is 5.69. The summed E-state index contributed by atoms with van der Waals surface area (Å²) in [4.78, 5) is 10.9. The summed E-state index contributed by atoms with van der Waals surface area (Å²) in [6, 6.07) is 0. The van der Waals surface area contributed by atoms with Crippen molar-refractivity contribution in [1.82, 2.24) is 29.5 Å². The van der Waals surface area contributed by atoms with Crippen molar-refractivity contribution in [3.63, 3.8) is 0 Å². The van der Waals surface area contributed by atoms with E-state index < -0.39 is 0 Å². The van der Waals surface area contributed by atoms with Crippen LogP contribution in [-0.4, -0.2) is 29.5 Å². The van der Waals surface area contributed by atoms with Crippen LogP contribution in [0.5, 0.6) is 0 Å². The van der Waals surface area contributed by atoms with E-state index in [4.69, 9.17) is 11.6 Å².